The van der Waals surface area contributed by atoms with Crippen LogP contribution in [0.2, 0.25) is 0 Å². The van der Waals surface area contributed by atoms with Crippen molar-refractivity contribution in [2.75, 3.05) is 14.1 Å². The van der Waals surface area contributed by atoms with Gasteiger partial charge in [-0.1, -0.05) is 29.8 Å². The molecule has 1 aromatic heterocycles. The van der Waals surface area contributed by atoms with E-state index in [0.29, 0.717) is 11.3 Å². The summed E-state index contributed by atoms with van der Waals surface area (Å²) in [6.07, 6.45) is 1.50. The van der Waals surface area contributed by atoms with Gasteiger partial charge in [-0.25, -0.2) is 9.98 Å². The SMILES string of the molecule is Cc1ccc(-c2nc(/N=C/N(C)C)c(C#N)c(C#N)c2C#N)cc1. The van der Waals surface area contributed by atoms with E-state index in [1.165, 1.54) is 6.34 Å². The Labute approximate surface area is 140 Å². The highest BCUT2D eigenvalue weighted by Gasteiger charge is 2.20. The molecule has 0 bridgehead atoms. The van der Waals surface area contributed by atoms with Gasteiger partial charge in [0.15, 0.2) is 5.82 Å². The Balaban J connectivity index is 2.82. The molecule has 0 radical (unpaired) electrons. The van der Waals surface area contributed by atoms with Gasteiger partial charge in [0.1, 0.15) is 23.8 Å². The van der Waals surface area contributed by atoms with E-state index >= 15 is 0 Å². The molecule has 0 unspecified atom stereocenters. The fourth-order valence-electron chi connectivity index (χ4n) is 2.08. The summed E-state index contributed by atoms with van der Waals surface area (Å²) in [7, 11) is 3.57. The maximum atomic E-state index is 9.48. The number of aromatic nitrogens is 1. The third-order valence-corrected chi connectivity index (χ3v) is 3.25. The minimum atomic E-state index is -0.00326. The second-order valence-corrected chi connectivity index (χ2v) is 5.32. The van der Waals surface area contributed by atoms with Crippen molar-refractivity contribution in [2.24, 2.45) is 4.99 Å². The third kappa shape index (κ3) is 3.21. The quantitative estimate of drug-likeness (QED) is 0.640. The van der Waals surface area contributed by atoms with Gasteiger partial charge in [-0.3, -0.25) is 0 Å². The van der Waals surface area contributed by atoms with Crippen LogP contribution in [0.4, 0.5) is 5.82 Å². The molecule has 2 aromatic rings. The third-order valence-electron chi connectivity index (χ3n) is 3.25. The van der Waals surface area contributed by atoms with E-state index in [1.807, 2.05) is 49.4 Å². The fourth-order valence-corrected chi connectivity index (χ4v) is 2.08. The summed E-state index contributed by atoms with van der Waals surface area (Å²) in [6.45, 7) is 1.95. The highest BCUT2D eigenvalue weighted by molar-refractivity contribution is 5.77. The Morgan fingerprint density at radius 2 is 1.54 bits per heavy atom. The summed E-state index contributed by atoms with van der Waals surface area (Å²) in [4.78, 5) is 10.2. The van der Waals surface area contributed by atoms with Crippen LogP contribution in [0.25, 0.3) is 11.3 Å². The molecule has 0 atom stereocenters. The van der Waals surface area contributed by atoms with Crippen LogP contribution in [-0.4, -0.2) is 30.3 Å². The first-order valence-corrected chi connectivity index (χ1v) is 7.07. The highest BCUT2D eigenvalue weighted by Crippen LogP contribution is 2.31. The van der Waals surface area contributed by atoms with Crippen LogP contribution >= 0.6 is 0 Å². The molecule has 0 fully saturated rings. The molecule has 1 heterocycles. The lowest BCUT2D eigenvalue weighted by molar-refractivity contribution is 0.643. The van der Waals surface area contributed by atoms with Crippen LogP contribution in [0.1, 0.15) is 22.3 Å². The van der Waals surface area contributed by atoms with Gasteiger partial charge in [-0.05, 0) is 6.92 Å². The molecule has 0 aliphatic heterocycles. The topological polar surface area (TPSA) is 99.9 Å². The molecule has 24 heavy (non-hydrogen) atoms. The molecular formula is C18H14N6. The Bertz CT molecular complexity index is 918. The number of benzene rings is 1. The molecule has 0 saturated carbocycles. The predicted octanol–water partition coefficient (Wildman–Crippen LogP) is 2.89. The molecule has 6 heteroatoms. The number of hydrogen-bond acceptors (Lipinski definition) is 5. The first kappa shape index (κ1) is 16.7. The Hall–Kier alpha value is -3.69. The van der Waals surface area contributed by atoms with E-state index in [0.717, 1.165) is 5.56 Å². The second kappa shape index (κ2) is 7.05. The van der Waals surface area contributed by atoms with Crippen molar-refractivity contribution in [1.29, 1.82) is 15.8 Å². The molecule has 116 valence electrons. The minimum absolute atomic E-state index is 0.00279. The number of rotatable bonds is 3. The first-order valence-electron chi connectivity index (χ1n) is 7.07. The van der Waals surface area contributed by atoms with Crippen molar-refractivity contribution in [3.8, 4) is 29.5 Å². The molecular weight excluding hydrogens is 300 g/mol. The normalized spacial score (nSPS) is 10.0. The number of aryl methyl sites for hydroxylation is 1. The molecule has 0 aliphatic carbocycles. The molecule has 2 rings (SSSR count). The van der Waals surface area contributed by atoms with Gasteiger partial charge < -0.3 is 4.90 Å². The summed E-state index contributed by atoms with van der Waals surface area (Å²) in [5.41, 5.74) is 2.19. The van der Waals surface area contributed by atoms with Crippen LogP contribution in [0.15, 0.2) is 29.3 Å². The van der Waals surface area contributed by atoms with Gasteiger partial charge >= 0.3 is 0 Å². The number of hydrogen-bond donors (Lipinski definition) is 0. The lowest BCUT2D eigenvalue weighted by Crippen LogP contribution is -2.08. The summed E-state index contributed by atoms with van der Waals surface area (Å²) in [6, 6.07) is 13.3. The van der Waals surface area contributed by atoms with Crippen molar-refractivity contribution in [2.45, 2.75) is 6.92 Å². The van der Waals surface area contributed by atoms with E-state index in [1.54, 1.807) is 19.0 Å². The van der Waals surface area contributed by atoms with Gasteiger partial charge in [0.05, 0.1) is 23.2 Å². The standard InChI is InChI=1S/C18H14N6/c1-12-4-6-13(7-5-12)17-15(9-20)14(8-19)16(10-21)18(23-17)22-11-24(2)3/h4-7,11H,1-3H3/b22-11+. The first-order chi connectivity index (χ1) is 11.5. The smallest absolute Gasteiger partial charge is 0.173 e. The van der Waals surface area contributed by atoms with E-state index in [4.69, 9.17) is 0 Å². The Kier molecular flexibility index (Phi) is 4.90. The lowest BCUT2D eigenvalue weighted by Gasteiger charge is -2.10. The summed E-state index contributed by atoms with van der Waals surface area (Å²) in [5, 5.41) is 28.3. The molecule has 0 amide bonds. The van der Waals surface area contributed by atoms with Crippen LogP contribution in [-0.2, 0) is 0 Å². The molecule has 0 aliphatic rings. The van der Waals surface area contributed by atoms with Crippen molar-refractivity contribution in [3.63, 3.8) is 0 Å². The zero-order valence-corrected chi connectivity index (χ0v) is 13.6. The number of aliphatic imine (C=N–C) groups is 1. The number of nitrogens with zero attached hydrogens (tertiary/aromatic N) is 6. The van der Waals surface area contributed by atoms with E-state index in [-0.39, 0.29) is 22.5 Å². The molecule has 0 spiro atoms. The van der Waals surface area contributed by atoms with Crippen molar-refractivity contribution < 1.29 is 0 Å². The van der Waals surface area contributed by atoms with Gasteiger partial charge in [-0.15, -0.1) is 0 Å². The minimum Gasteiger partial charge on any atom is -0.369 e. The van der Waals surface area contributed by atoms with E-state index in [2.05, 4.69) is 9.98 Å². The molecule has 0 saturated heterocycles. The van der Waals surface area contributed by atoms with Gasteiger partial charge in [0.25, 0.3) is 0 Å². The van der Waals surface area contributed by atoms with Crippen LogP contribution in [0.5, 0.6) is 0 Å². The highest BCUT2D eigenvalue weighted by atomic mass is 15.1. The monoisotopic (exact) mass is 314 g/mol. The van der Waals surface area contributed by atoms with Crippen LogP contribution in [0, 0.1) is 40.9 Å². The van der Waals surface area contributed by atoms with Crippen molar-refractivity contribution in [1.82, 2.24) is 9.88 Å². The maximum Gasteiger partial charge on any atom is 0.173 e. The van der Waals surface area contributed by atoms with E-state index in [9.17, 15) is 15.8 Å². The fraction of sp³-hybridized carbons (Fsp3) is 0.167. The van der Waals surface area contributed by atoms with Crippen molar-refractivity contribution in [3.05, 3.63) is 46.5 Å². The van der Waals surface area contributed by atoms with Crippen molar-refractivity contribution >= 4 is 12.2 Å². The zero-order chi connectivity index (χ0) is 17.7. The largest absolute Gasteiger partial charge is 0.369 e. The van der Waals surface area contributed by atoms with E-state index < -0.39 is 0 Å². The van der Waals surface area contributed by atoms with Gasteiger partial charge in [-0.2, -0.15) is 15.8 Å². The lowest BCUT2D eigenvalue weighted by atomic mass is 9.98. The van der Waals surface area contributed by atoms with Crippen LogP contribution in [0.3, 0.4) is 0 Å². The predicted molar refractivity (Wildman–Crippen MR) is 90.4 cm³/mol. The Morgan fingerprint density at radius 3 is 2.04 bits per heavy atom. The average molecular weight is 314 g/mol. The van der Waals surface area contributed by atoms with Gasteiger partial charge in [0, 0.05) is 19.7 Å². The zero-order valence-electron chi connectivity index (χ0n) is 13.6. The number of pyridine rings is 1. The van der Waals surface area contributed by atoms with Crippen LogP contribution < -0.4 is 0 Å². The summed E-state index contributed by atoms with van der Waals surface area (Å²) >= 11 is 0. The number of nitriles is 3. The summed E-state index contributed by atoms with van der Waals surface area (Å²) in [5.74, 6) is 0.123. The average Bonchev–Trinajstić information content (AvgIpc) is 2.58. The molecule has 6 nitrogen and oxygen atoms in total. The van der Waals surface area contributed by atoms with Gasteiger partial charge in [0.2, 0.25) is 0 Å². The Morgan fingerprint density at radius 1 is 0.958 bits per heavy atom. The maximum absolute atomic E-state index is 9.48. The molecule has 1 aromatic carbocycles. The summed E-state index contributed by atoms with van der Waals surface area (Å²) < 4.78 is 0. The second-order valence-electron chi connectivity index (χ2n) is 5.32. The molecule has 0 N–H and O–H groups in total.